The number of nitrogens with zero attached hydrogens (tertiary/aromatic N) is 3. The van der Waals surface area contributed by atoms with Gasteiger partial charge >= 0.3 is 0 Å². The lowest BCUT2D eigenvalue weighted by Gasteiger charge is -2.06. The zero-order valence-electron chi connectivity index (χ0n) is 11.3. The van der Waals surface area contributed by atoms with Gasteiger partial charge in [0, 0.05) is 12.2 Å². The van der Waals surface area contributed by atoms with Gasteiger partial charge in [-0.25, -0.2) is 4.98 Å². The SMILES string of the molecule is CCn1nc(C)cc1C(=O)Nc1ccc2scnc2c1. The second-order valence-corrected chi connectivity index (χ2v) is 5.36. The molecule has 5 nitrogen and oxygen atoms in total. The van der Waals surface area contributed by atoms with E-state index in [1.165, 1.54) is 0 Å². The van der Waals surface area contributed by atoms with Gasteiger partial charge in [-0.15, -0.1) is 11.3 Å². The number of carbonyl (C=O) groups excluding carboxylic acids is 1. The topological polar surface area (TPSA) is 59.8 Å². The Labute approximate surface area is 120 Å². The highest BCUT2D eigenvalue weighted by Crippen LogP contribution is 2.21. The van der Waals surface area contributed by atoms with E-state index in [1.54, 1.807) is 27.6 Å². The van der Waals surface area contributed by atoms with E-state index in [9.17, 15) is 4.79 Å². The highest BCUT2D eigenvalue weighted by atomic mass is 32.1. The monoisotopic (exact) mass is 286 g/mol. The molecule has 0 aliphatic rings. The van der Waals surface area contributed by atoms with Crippen LogP contribution in [0, 0.1) is 6.92 Å². The highest BCUT2D eigenvalue weighted by molar-refractivity contribution is 7.16. The summed E-state index contributed by atoms with van der Waals surface area (Å²) < 4.78 is 2.81. The highest BCUT2D eigenvalue weighted by Gasteiger charge is 2.13. The molecule has 0 saturated carbocycles. The van der Waals surface area contributed by atoms with E-state index in [0.29, 0.717) is 12.2 Å². The van der Waals surface area contributed by atoms with Gasteiger partial charge in [0.2, 0.25) is 0 Å². The quantitative estimate of drug-likeness (QED) is 0.805. The second-order valence-electron chi connectivity index (χ2n) is 4.48. The van der Waals surface area contributed by atoms with Crippen molar-refractivity contribution in [3.8, 4) is 0 Å². The maximum Gasteiger partial charge on any atom is 0.273 e. The van der Waals surface area contributed by atoms with Crippen LogP contribution >= 0.6 is 11.3 Å². The molecule has 0 aliphatic heterocycles. The first-order chi connectivity index (χ1) is 9.67. The van der Waals surface area contributed by atoms with Crippen LogP contribution in [-0.4, -0.2) is 20.7 Å². The molecule has 1 aromatic carbocycles. The minimum absolute atomic E-state index is 0.151. The van der Waals surface area contributed by atoms with Gasteiger partial charge in [-0.05, 0) is 38.1 Å². The molecule has 102 valence electrons. The van der Waals surface area contributed by atoms with Gasteiger partial charge in [0.15, 0.2) is 0 Å². The number of aryl methyl sites for hydroxylation is 2. The largest absolute Gasteiger partial charge is 0.321 e. The number of carbonyl (C=O) groups is 1. The van der Waals surface area contributed by atoms with Crippen LogP contribution in [0.3, 0.4) is 0 Å². The fourth-order valence-corrected chi connectivity index (χ4v) is 2.76. The van der Waals surface area contributed by atoms with Crippen molar-refractivity contribution >= 4 is 33.1 Å². The van der Waals surface area contributed by atoms with Gasteiger partial charge in [-0.1, -0.05) is 0 Å². The minimum atomic E-state index is -0.151. The van der Waals surface area contributed by atoms with Crippen molar-refractivity contribution in [2.24, 2.45) is 0 Å². The predicted molar refractivity (Wildman–Crippen MR) is 80.2 cm³/mol. The summed E-state index contributed by atoms with van der Waals surface area (Å²) in [5.74, 6) is -0.151. The minimum Gasteiger partial charge on any atom is -0.321 e. The number of anilines is 1. The molecular weight excluding hydrogens is 272 g/mol. The van der Waals surface area contributed by atoms with Gasteiger partial charge in [0.25, 0.3) is 5.91 Å². The zero-order valence-corrected chi connectivity index (χ0v) is 12.1. The standard InChI is InChI=1S/C14H14N4OS/c1-3-18-12(6-9(2)17-18)14(19)16-10-4-5-13-11(7-10)15-8-20-13/h4-8H,3H2,1-2H3,(H,16,19). The average Bonchev–Trinajstić information content (AvgIpc) is 3.03. The Morgan fingerprint density at radius 2 is 2.25 bits per heavy atom. The van der Waals surface area contributed by atoms with Gasteiger partial charge in [0.1, 0.15) is 5.69 Å². The van der Waals surface area contributed by atoms with E-state index in [1.807, 2.05) is 32.0 Å². The number of nitrogens with one attached hydrogen (secondary N) is 1. The summed E-state index contributed by atoms with van der Waals surface area (Å²) in [6.07, 6.45) is 0. The van der Waals surface area contributed by atoms with Crippen molar-refractivity contribution in [1.82, 2.24) is 14.8 Å². The Balaban J connectivity index is 1.87. The molecule has 0 aliphatic carbocycles. The lowest BCUT2D eigenvalue weighted by atomic mass is 10.2. The van der Waals surface area contributed by atoms with Crippen LogP contribution in [0.4, 0.5) is 5.69 Å². The Morgan fingerprint density at radius 1 is 1.40 bits per heavy atom. The zero-order chi connectivity index (χ0) is 14.1. The van der Waals surface area contributed by atoms with Crippen molar-refractivity contribution in [3.63, 3.8) is 0 Å². The summed E-state index contributed by atoms with van der Waals surface area (Å²) in [5, 5.41) is 7.17. The number of hydrogen-bond donors (Lipinski definition) is 1. The number of fused-ring (bicyclic) bond motifs is 1. The molecule has 3 aromatic rings. The Kier molecular flexibility index (Phi) is 3.23. The number of thiazole rings is 1. The van der Waals surface area contributed by atoms with E-state index in [2.05, 4.69) is 15.4 Å². The Morgan fingerprint density at radius 3 is 3.05 bits per heavy atom. The van der Waals surface area contributed by atoms with Gasteiger partial charge in [0.05, 0.1) is 21.4 Å². The predicted octanol–water partition coefficient (Wildman–Crippen LogP) is 3.07. The van der Waals surface area contributed by atoms with Gasteiger partial charge in [-0.3, -0.25) is 9.48 Å². The van der Waals surface area contributed by atoms with E-state index in [4.69, 9.17) is 0 Å². The fourth-order valence-electron chi connectivity index (χ4n) is 2.10. The summed E-state index contributed by atoms with van der Waals surface area (Å²) in [6.45, 7) is 4.51. The van der Waals surface area contributed by atoms with Crippen LogP contribution in [-0.2, 0) is 6.54 Å². The lowest BCUT2D eigenvalue weighted by molar-refractivity contribution is 0.101. The molecule has 2 heterocycles. The lowest BCUT2D eigenvalue weighted by Crippen LogP contribution is -2.17. The number of amides is 1. The smallest absolute Gasteiger partial charge is 0.273 e. The maximum atomic E-state index is 12.3. The van der Waals surface area contributed by atoms with Crippen LogP contribution in [0.5, 0.6) is 0 Å². The summed E-state index contributed by atoms with van der Waals surface area (Å²) in [4.78, 5) is 16.5. The average molecular weight is 286 g/mol. The number of hydrogen-bond acceptors (Lipinski definition) is 4. The van der Waals surface area contributed by atoms with E-state index in [0.717, 1.165) is 21.6 Å². The molecule has 0 spiro atoms. The molecular formula is C14H14N4OS. The van der Waals surface area contributed by atoms with Crippen molar-refractivity contribution < 1.29 is 4.79 Å². The summed E-state index contributed by atoms with van der Waals surface area (Å²) in [5.41, 5.74) is 4.85. The molecule has 1 N–H and O–H groups in total. The summed E-state index contributed by atoms with van der Waals surface area (Å²) >= 11 is 1.58. The van der Waals surface area contributed by atoms with E-state index in [-0.39, 0.29) is 5.91 Å². The van der Waals surface area contributed by atoms with E-state index >= 15 is 0 Å². The summed E-state index contributed by atoms with van der Waals surface area (Å²) in [7, 11) is 0. The van der Waals surface area contributed by atoms with Crippen LogP contribution in [0.1, 0.15) is 23.1 Å². The molecule has 3 rings (SSSR count). The van der Waals surface area contributed by atoms with Crippen molar-refractivity contribution in [2.45, 2.75) is 20.4 Å². The Bertz CT molecular complexity index is 774. The molecule has 20 heavy (non-hydrogen) atoms. The third-order valence-electron chi connectivity index (χ3n) is 3.02. The number of aromatic nitrogens is 3. The molecule has 1 amide bonds. The molecule has 0 radical (unpaired) electrons. The van der Waals surface area contributed by atoms with Crippen molar-refractivity contribution in [2.75, 3.05) is 5.32 Å². The van der Waals surface area contributed by atoms with Crippen molar-refractivity contribution in [3.05, 3.63) is 41.2 Å². The first-order valence-electron chi connectivity index (χ1n) is 6.36. The number of rotatable bonds is 3. The molecule has 0 unspecified atom stereocenters. The molecule has 0 bridgehead atoms. The van der Waals surface area contributed by atoms with Crippen LogP contribution in [0.25, 0.3) is 10.2 Å². The van der Waals surface area contributed by atoms with E-state index < -0.39 is 0 Å². The molecule has 0 saturated heterocycles. The maximum absolute atomic E-state index is 12.3. The first kappa shape index (κ1) is 12.8. The normalized spacial score (nSPS) is 10.9. The second kappa shape index (κ2) is 5.05. The first-order valence-corrected chi connectivity index (χ1v) is 7.24. The third kappa shape index (κ3) is 2.30. The molecule has 6 heteroatoms. The number of benzene rings is 1. The van der Waals surface area contributed by atoms with Crippen LogP contribution in [0.2, 0.25) is 0 Å². The molecule has 0 atom stereocenters. The van der Waals surface area contributed by atoms with Crippen LogP contribution < -0.4 is 5.32 Å². The fraction of sp³-hybridized carbons (Fsp3) is 0.214. The summed E-state index contributed by atoms with van der Waals surface area (Å²) in [6, 6.07) is 7.52. The Hall–Kier alpha value is -2.21. The van der Waals surface area contributed by atoms with Crippen LogP contribution in [0.15, 0.2) is 29.8 Å². The molecule has 0 fully saturated rings. The van der Waals surface area contributed by atoms with Gasteiger partial charge in [-0.2, -0.15) is 5.10 Å². The van der Waals surface area contributed by atoms with Gasteiger partial charge < -0.3 is 5.32 Å². The molecule has 2 aromatic heterocycles. The third-order valence-corrected chi connectivity index (χ3v) is 3.83. The van der Waals surface area contributed by atoms with Crippen molar-refractivity contribution in [1.29, 1.82) is 0 Å².